The van der Waals surface area contributed by atoms with Crippen molar-refractivity contribution >= 4 is 5.91 Å². The summed E-state index contributed by atoms with van der Waals surface area (Å²) in [6.45, 7) is 3.37. The number of nitrogens with one attached hydrogen (secondary N) is 1. The molecule has 5 nitrogen and oxygen atoms in total. The highest BCUT2D eigenvalue weighted by atomic mass is 19.1. The number of hydrogen-bond acceptors (Lipinski definition) is 4. The molecule has 0 atom stereocenters. The molecule has 0 saturated carbocycles. The van der Waals surface area contributed by atoms with Crippen LogP contribution in [0.5, 0.6) is 11.5 Å². The number of ether oxygens (including phenoxy) is 2. The van der Waals surface area contributed by atoms with E-state index in [0.29, 0.717) is 23.8 Å². The van der Waals surface area contributed by atoms with Gasteiger partial charge in [-0.05, 0) is 86.3 Å². The van der Waals surface area contributed by atoms with Gasteiger partial charge in [0.1, 0.15) is 17.3 Å². The van der Waals surface area contributed by atoms with Crippen LogP contribution in [-0.4, -0.2) is 51.2 Å². The smallest absolute Gasteiger partial charge is 0.251 e. The molecule has 3 rings (SSSR count). The van der Waals surface area contributed by atoms with Gasteiger partial charge in [-0.15, -0.1) is 0 Å². The van der Waals surface area contributed by atoms with Crippen molar-refractivity contribution in [3.8, 4) is 11.5 Å². The number of nitrogens with zero attached hydrogens (tertiary/aromatic N) is 1. The predicted octanol–water partition coefficient (Wildman–Crippen LogP) is 3.53. The molecule has 1 fully saturated rings. The van der Waals surface area contributed by atoms with E-state index in [1.54, 1.807) is 50.6 Å². The second kappa shape index (κ2) is 10.3. The third-order valence-electron chi connectivity index (χ3n) is 5.53. The minimum Gasteiger partial charge on any atom is -0.497 e. The summed E-state index contributed by atoms with van der Waals surface area (Å²) in [5.41, 5.74) is 1.36. The van der Waals surface area contributed by atoms with Crippen molar-refractivity contribution < 1.29 is 18.7 Å². The molecule has 1 amide bonds. The molecule has 0 bridgehead atoms. The molecular formula is C23H29FN2O3. The maximum atomic E-state index is 14.0. The fourth-order valence-corrected chi connectivity index (χ4v) is 3.73. The van der Waals surface area contributed by atoms with Crippen LogP contribution in [0.25, 0.3) is 0 Å². The Balaban J connectivity index is 1.39. The minimum absolute atomic E-state index is 0.0731. The summed E-state index contributed by atoms with van der Waals surface area (Å²) < 4.78 is 24.4. The molecule has 6 heteroatoms. The zero-order chi connectivity index (χ0) is 20.6. The number of likely N-dealkylation sites (tertiary alicyclic amines) is 1. The van der Waals surface area contributed by atoms with Crippen molar-refractivity contribution in [2.24, 2.45) is 5.92 Å². The van der Waals surface area contributed by atoms with Crippen LogP contribution >= 0.6 is 0 Å². The number of amides is 1. The van der Waals surface area contributed by atoms with Gasteiger partial charge in [0, 0.05) is 18.7 Å². The second-order valence-electron chi connectivity index (χ2n) is 7.43. The molecule has 1 N–H and O–H groups in total. The first kappa shape index (κ1) is 21.1. The number of rotatable bonds is 8. The van der Waals surface area contributed by atoms with Crippen LogP contribution in [0.1, 0.15) is 28.8 Å². The largest absolute Gasteiger partial charge is 0.497 e. The number of carbonyl (C=O) groups is 1. The van der Waals surface area contributed by atoms with E-state index >= 15 is 0 Å². The standard InChI is InChI=1S/C23H29FN2O3/c1-28-20-5-3-18(4-6-20)23(27)25-11-14-26-12-9-17(10-13-26)15-19-16-21(29-2)7-8-22(19)24/h3-8,16-17H,9-15H2,1-2H3,(H,25,27). The molecule has 1 aliphatic rings. The number of hydrogen-bond donors (Lipinski definition) is 1. The zero-order valence-corrected chi connectivity index (χ0v) is 17.1. The lowest BCUT2D eigenvalue weighted by Crippen LogP contribution is -2.40. The van der Waals surface area contributed by atoms with Gasteiger partial charge in [0.25, 0.3) is 5.91 Å². The van der Waals surface area contributed by atoms with Crippen molar-refractivity contribution in [1.29, 1.82) is 0 Å². The van der Waals surface area contributed by atoms with Gasteiger partial charge in [-0.25, -0.2) is 4.39 Å². The van der Waals surface area contributed by atoms with Gasteiger partial charge >= 0.3 is 0 Å². The topological polar surface area (TPSA) is 50.8 Å². The van der Waals surface area contributed by atoms with Gasteiger partial charge in [0.2, 0.25) is 0 Å². The van der Waals surface area contributed by atoms with E-state index in [9.17, 15) is 9.18 Å². The molecule has 0 unspecified atom stereocenters. The Labute approximate surface area is 171 Å². The van der Waals surface area contributed by atoms with Gasteiger partial charge in [-0.1, -0.05) is 0 Å². The average Bonchev–Trinajstić information content (AvgIpc) is 2.76. The zero-order valence-electron chi connectivity index (χ0n) is 17.1. The van der Waals surface area contributed by atoms with Gasteiger partial charge in [-0.2, -0.15) is 0 Å². The Morgan fingerprint density at radius 2 is 1.72 bits per heavy atom. The summed E-state index contributed by atoms with van der Waals surface area (Å²) >= 11 is 0. The van der Waals surface area contributed by atoms with Crippen LogP contribution in [0.15, 0.2) is 42.5 Å². The monoisotopic (exact) mass is 400 g/mol. The number of benzene rings is 2. The number of piperidine rings is 1. The average molecular weight is 400 g/mol. The Bertz CT molecular complexity index is 802. The minimum atomic E-state index is -0.158. The summed E-state index contributed by atoms with van der Waals surface area (Å²) in [4.78, 5) is 14.6. The van der Waals surface area contributed by atoms with E-state index < -0.39 is 0 Å². The molecule has 29 heavy (non-hydrogen) atoms. The first-order chi connectivity index (χ1) is 14.1. The fraction of sp³-hybridized carbons (Fsp3) is 0.435. The third kappa shape index (κ3) is 5.94. The quantitative estimate of drug-likeness (QED) is 0.737. The molecule has 1 heterocycles. The van der Waals surface area contributed by atoms with Crippen LogP contribution in [0, 0.1) is 11.7 Å². The Hall–Kier alpha value is -2.60. The van der Waals surface area contributed by atoms with E-state index in [1.807, 2.05) is 0 Å². The summed E-state index contributed by atoms with van der Waals surface area (Å²) in [6.07, 6.45) is 2.80. The molecule has 1 saturated heterocycles. The van der Waals surface area contributed by atoms with Gasteiger partial charge < -0.3 is 19.7 Å². The second-order valence-corrected chi connectivity index (χ2v) is 7.43. The summed E-state index contributed by atoms with van der Waals surface area (Å²) in [5, 5.41) is 2.97. The van der Waals surface area contributed by atoms with E-state index in [1.165, 1.54) is 6.07 Å². The lowest BCUT2D eigenvalue weighted by atomic mass is 9.90. The molecule has 0 radical (unpaired) electrons. The lowest BCUT2D eigenvalue weighted by Gasteiger charge is -2.32. The van der Waals surface area contributed by atoms with Crippen molar-refractivity contribution in [2.45, 2.75) is 19.3 Å². The van der Waals surface area contributed by atoms with Crippen LogP contribution in [0.2, 0.25) is 0 Å². The number of halogens is 1. The molecule has 2 aromatic carbocycles. The SMILES string of the molecule is COc1ccc(C(=O)NCCN2CCC(Cc3cc(OC)ccc3F)CC2)cc1. The summed E-state index contributed by atoms with van der Waals surface area (Å²) in [5.74, 6) is 1.68. The Morgan fingerprint density at radius 1 is 1.07 bits per heavy atom. The van der Waals surface area contributed by atoms with Crippen LogP contribution in [0.4, 0.5) is 4.39 Å². The molecule has 156 valence electrons. The fourth-order valence-electron chi connectivity index (χ4n) is 3.73. The highest BCUT2D eigenvalue weighted by molar-refractivity contribution is 5.94. The molecule has 2 aromatic rings. The van der Waals surface area contributed by atoms with Crippen molar-refractivity contribution in [2.75, 3.05) is 40.4 Å². The van der Waals surface area contributed by atoms with Gasteiger partial charge in [-0.3, -0.25) is 4.79 Å². The normalized spacial score (nSPS) is 15.1. The Morgan fingerprint density at radius 3 is 2.38 bits per heavy atom. The summed E-state index contributed by atoms with van der Waals surface area (Å²) in [6, 6.07) is 12.0. The maximum Gasteiger partial charge on any atom is 0.251 e. The van der Waals surface area contributed by atoms with Crippen molar-refractivity contribution in [3.63, 3.8) is 0 Å². The molecule has 1 aliphatic heterocycles. The van der Waals surface area contributed by atoms with Gasteiger partial charge in [0.15, 0.2) is 0 Å². The lowest BCUT2D eigenvalue weighted by molar-refractivity contribution is 0.0944. The van der Waals surface area contributed by atoms with Crippen molar-refractivity contribution in [1.82, 2.24) is 10.2 Å². The summed E-state index contributed by atoms with van der Waals surface area (Å²) in [7, 11) is 3.20. The number of carbonyl (C=O) groups excluding carboxylic acids is 1. The molecular weight excluding hydrogens is 371 g/mol. The first-order valence-electron chi connectivity index (χ1n) is 10.1. The number of methoxy groups -OCH3 is 2. The first-order valence-corrected chi connectivity index (χ1v) is 10.1. The highest BCUT2D eigenvalue weighted by Crippen LogP contribution is 2.25. The van der Waals surface area contributed by atoms with Gasteiger partial charge in [0.05, 0.1) is 14.2 Å². The third-order valence-corrected chi connectivity index (χ3v) is 5.53. The molecule has 0 aromatic heterocycles. The predicted molar refractivity (Wildman–Crippen MR) is 111 cm³/mol. The molecule has 0 spiro atoms. The Kier molecular flexibility index (Phi) is 7.47. The van der Waals surface area contributed by atoms with Crippen LogP contribution in [-0.2, 0) is 6.42 Å². The molecule has 0 aliphatic carbocycles. The van der Waals surface area contributed by atoms with E-state index in [2.05, 4.69) is 10.2 Å². The van der Waals surface area contributed by atoms with Crippen molar-refractivity contribution in [3.05, 3.63) is 59.4 Å². The van der Waals surface area contributed by atoms with E-state index in [0.717, 1.165) is 50.2 Å². The van der Waals surface area contributed by atoms with Crippen LogP contribution < -0.4 is 14.8 Å². The van der Waals surface area contributed by atoms with Crippen LogP contribution in [0.3, 0.4) is 0 Å². The highest BCUT2D eigenvalue weighted by Gasteiger charge is 2.20. The van der Waals surface area contributed by atoms with E-state index in [4.69, 9.17) is 9.47 Å². The maximum absolute atomic E-state index is 14.0. The van der Waals surface area contributed by atoms with E-state index in [-0.39, 0.29) is 11.7 Å².